The predicted molar refractivity (Wildman–Crippen MR) is 71.0 cm³/mol. The second-order valence-corrected chi connectivity index (χ2v) is 4.64. The highest BCUT2D eigenvalue weighted by molar-refractivity contribution is 6.30. The predicted octanol–water partition coefficient (Wildman–Crippen LogP) is 2.03. The number of amides is 2. The third-order valence-electron chi connectivity index (χ3n) is 2.83. The van der Waals surface area contributed by atoms with E-state index in [9.17, 15) is 9.59 Å². The summed E-state index contributed by atoms with van der Waals surface area (Å²) < 4.78 is 0. The van der Waals surface area contributed by atoms with Crippen LogP contribution in [0.4, 0.5) is 0 Å². The van der Waals surface area contributed by atoms with Crippen LogP contribution in [-0.2, 0) is 9.59 Å². The summed E-state index contributed by atoms with van der Waals surface area (Å²) in [7, 11) is 0. The number of rotatable bonds is 5. The first kappa shape index (κ1) is 14.5. The Bertz CT molecular complexity index is 431. The van der Waals surface area contributed by atoms with Gasteiger partial charge in [0.25, 0.3) is 0 Å². The molecule has 0 bridgehead atoms. The maximum Gasteiger partial charge on any atom is 0.244 e. The van der Waals surface area contributed by atoms with Crippen LogP contribution in [0.25, 0.3) is 0 Å². The summed E-state index contributed by atoms with van der Waals surface area (Å²) in [5, 5.41) is 3.21. The van der Waals surface area contributed by atoms with E-state index in [-0.39, 0.29) is 11.8 Å². The average molecular weight is 269 g/mol. The third-order valence-corrected chi connectivity index (χ3v) is 3.09. The Labute approximate surface area is 112 Å². The molecule has 0 spiro atoms. The van der Waals surface area contributed by atoms with E-state index in [2.05, 4.69) is 5.32 Å². The van der Waals surface area contributed by atoms with Crippen LogP contribution in [0.5, 0.6) is 0 Å². The molecule has 4 nitrogen and oxygen atoms in total. The second-order valence-electron chi connectivity index (χ2n) is 4.20. The molecule has 0 saturated carbocycles. The van der Waals surface area contributed by atoms with E-state index in [4.69, 9.17) is 17.3 Å². The maximum absolute atomic E-state index is 11.8. The zero-order chi connectivity index (χ0) is 13.7. The quantitative estimate of drug-likeness (QED) is 0.858. The van der Waals surface area contributed by atoms with Crippen LogP contribution in [0.15, 0.2) is 24.3 Å². The molecule has 0 aromatic heterocycles. The number of benzene rings is 1. The van der Waals surface area contributed by atoms with Crippen LogP contribution in [0, 0.1) is 5.92 Å². The Hall–Kier alpha value is -1.55. The van der Waals surface area contributed by atoms with Crippen LogP contribution in [0.2, 0.25) is 5.02 Å². The first-order valence-corrected chi connectivity index (χ1v) is 6.18. The lowest BCUT2D eigenvalue weighted by Crippen LogP contribution is -2.39. The van der Waals surface area contributed by atoms with Gasteiger partial charge in [0.1, 0.15) is 6.04 Å². The summed E-state index contributed by atoms with van der Waals surface area (Å²) in [4.78, 5) is 23.2. The Morgan fingerprint density at radius 2 is 1.89 bits per heavy atom. The molecular formula is C13H17ClN2O2. The van der Waals surface area contributed by atoms with E-state index in [0.29, 0.717) is 17.0 Å². The third kappa shape index (κ3) is 3.74. The highest BCUT2D eigenvalue weighted by Crippen LogP contribution is 2.17. The normalized spacial score (nSPS) is 13.7. The fourth-order valence-electron chi connectivity index (χ4n) is 1.44. The molecule has 0 heterocycles. The molecule has 2 amide bonds. The molecule has 1 aromatic carbocycles. The Kier molecular flexibility index (Phi) is 5.16. The number of hydrogen-bond donors (Lipinski definition) is 2. The molecule has 5 heteroatoms. The molecule has 0 aliphatic heterocycles. The number of nitrogens with two attached hydrogens (primary N) is 1. The van der Waals surface area contributed by atoms with Crippen LogP contribution >= 0.6 is 11.6 Å². The van der Waals surface area contributed by atoms with E-state index in [1.165, 1.54) is 0 Å². The van der Waals surface area contributed by atoms with Crippen molar-refractivity contribution in [1.29, 1.82) is 0 Å². The number of carbonyl (C=O) groups excluding carboxylic acids is 2. The first-order valence-electron chi connectivity index (χ1n) is 5.80. The first-order chi connectivity index (χ1) is 8.45. The number of halogens is 1. The SMILES string of the molecule is CC[C@@H](C)C(=O)N[C@H](C(N)=O)c1ccc(Cl)cc1. The summed E-state index contributed by atoms with van der Waals surface area (Å²) in [6.45, 7) is 3.71. The summed E-state index contributed by atoms with van der Waals surface area (Å²) in [5.41, 5.74) is 5.94. The van der Waals surface area contributed by atoms with Crippen LogP contribution < -0.4 is 11.1 Å². The van der Waals surface area contributed by atoms with Crippen molar-refractivity contribution in [2.24, 2.45) is 11.7 Å². The minimum atomic E-state index is -0.816. The smallest absolute Gasteiger partial charge is 0.244 e. The molecule has 0 saturated heterocycles. The van der Waals surface area contributed by atoms with Crippen LogP contribution in [0.3, 0.4) is 0 Å². The highest BCUT2D eigenvalue weighted by Gasteiger charge is 2.22. The molecule has 18 heavy (non-hydrogen) atoms. The van der Waals surface area contributed by atoms with Crippen molar-refractivity contribution in [2.75, 3.05) is 0 Å². The van der Waals surface area contributed by atoms with E-state index in [1.54, 1.807) is 31.2 Å². The van der Waals surface area contributed by atoms with E-state index in [1.807, 2.05) is 6.92 Å². The maximum atomic E-state index is 11.8. The Balaban J connectivity index is 2.87. The van der Waals surface area contributed by atoms with E-state index in [0.717, 1.165) is 0 Å². The highest BCUT2D eigenvalue weighted by atomic mass is 35.5. The lowest BCUT2D eigenvalue weighted by molar-refractivity contribution is -0.129. The molecule has 1 aromatic rings. The zero-order valence-electron chi connectivity index (χ0n) is 10.4. The van der Waals surface area contributed by atoms with Gasteiger partial charge in [0.05, 0.1) is 0 Å². The van der Waals surface area contributed by atoms with Gasteiger partial charge in [-0.15, -0.1) is 0 Å². The molecule has 0 unspecified atom stereocenters. The molecule has 0 fully saturated rings. The van der Waals surface area contributed by atoms with Crippen molar-refractivity contribution in [3.63, 3.8) is 0 Å². The second kappa shape index (κ2) is 6.40. The van der Waals surface area contributed by atoms with Crippen LogP contribution in [0.1, 0.15) is 31.9 Å². The van der Waals surface area contributed by atoms with Gasteiger partial charge in [0, 0.05) is 10.9 Å². The number of hydrogen-bond acceptors (Lipinski definition) is 2. The molecule has 0 aliphatic carbocycles. The van der Waals surface area contributed by atoms with Gasteiger partial charge in [-0.25, -0.2) is 0 Å². The topological polar surface area (TPSA) is 72.2 Å². The van der Waals surface area contributed by atoms with Gasteiger partial charge in [-0.3, -0.25) is 9.59 Å². The number of primary amides is 1. The van der Waals surface area contributed by atoms with Gasteiger partial charge in [-0.05, 0) is 24.1 Å². The van der Waals surface area contributed by atoms with E-state index >= 15 is 0 Å². The summed E-state index contributed by atoms with van der Waals surface area (Å²) in [5.74, 6) is -0.927. The minimum Gasteiger partial charge on any atom is -0.368 e. The lowest BCUT2D eigenvalue weighted by Gasteiger charge is -2.18. The van der Waals surface area contributed by atoms with Crippen molar-refractivity contribution in [3.8, 4) is 0 Å². The van der Waals surface area contributed by atoms with Gasteiger partial charge in [0.2, 0.25) is 11.8 Å². The summed E-state index contributed by atoms with van der Waals surface area (Å²) in [6, 6.07) is 5.84. The van der Waals surface area contributed by atoms with E-state index < -0.39 is 11.9 Å². The standard InChI is InChI=1S/C13H17ClN2O2/c1-3-8(2)13(18)16-11(12(15)17)9-4-6-10(14)7-5-9/h4-8,11H,3H2,1-2H3,(H2,15,17)(H,16,18)/t8-,11+/m1/s1. The molecule has 98 valence electrons. The molecule has 2 atom stereocenters. The lowest BCUT2D eigenvalue weighted by atomic mass is 10.0. The van der Waals surface area contributed by atoms with Gasteiger partial charge in [-0.2, -0.15) is 0 Å². The van der Waals surface area contributed by atoms with Gasteiger partial charge in [-0.1, -0.05) is 37.6 Å². The number of carbonyl (C=O) groups is 2. The fourth-order valence-corrected chi connectivity index (χ4v) is 1.57. The van der Waals surface area contributed by atoms with Crippen molar-refractivity contribution in [2.45, 2.75) is 26.3 Å². The van der Waals surface area contributed by atoms with Gasteiger partial charge >= 0.3 is 0 Å². The van der Waals surface area contributed by atoms with Crippen LogP contribution in [-0.4, -0.2) is 11.8 Å². The van der Waals surface area contributed by atoms with Crippen molar-refractivity contribution in [3.05, 3.63) is 34.9 Å². The average Bonchev–Trinajstić information content (AvgIpc) is 2.35. The van der Waals surface area contributed by atoms with Crippen molar-refractivity contribution < 1.29 is 9.59 Å². The fraction of sp³-hybridized carbons (Fsp3) is 0.385. The molecule has 0 aliphatic rings. The van der Waals surface area contributed by atoms with Gasteiger partial charge in [0.15, 0.2) is 0 Å². The van der Waals surface area contributed by atoms with Crippen molar-refractivity contribution in [1.82, 2.24) is 5.32 Å². The Morgan fingerprint density at radius 3 is 2.33 bits per heavy atom. The Morgan fingerprint density at radius 1 is 1.33 bits per heavy atom. The molecule has 1 rings (SSSR count). The number of nitrogens with one attached hydrogen (secondary N) is 1. The van der Waals surface area contributed by atoms with Crippen molar-refractivity contribution >= 4 is 23.4 Å². The molecule has 0 radical (unpaired) electrons. The van der Waals surface area contributed by atoms with Gasteiger partial charge < -0.3 is 11.1 Å². The minimum absolute atomic E-state index is 0.154. The summed E-state index contributed by atoms with van der Waals surface area (Å²) in [6.07, 6.45) is 0.706. The molecule has 3 N–H and O–H groups in total. The summed E-state index contributed by atoms with van der Waals surface area (Å²) >= 11 is 5.77. The monoisotopic (exact) mass is 268 g/mol. The largest absolute Gasteiger partial charge is 0.368 e. The molecular weight excluding hydrogens is 252 g/mol. The zero-order valence-corrected chi connectivity index (χ0v) is 11.2.